The van der Waals surface area contributed by atoms with Crippen LogP contribution in [0.4, 0.5) is 0 Å². The highest BCUT2D eigenvalue weighted by Gasteiger charge is 2.59. The van der Waals surface area contributed by atoms with E-state index in [1.807, 2.05) is 24.3 Å². The second-order valence-electron chi connectivity index (χ2n) is 8.31. The van der Waals surface area contributed by atoms with Gasteiger partial charge in [-0.2, -0.15) is 0 Å². The number of benzene rings is 1. The van der Waals surface area contributed by atoms with Crippen LogP contribution in [0.3, 0.4) is 0 Å². The summed E-state index contributed by atoms with van der Waals surface area (Å²) >= 11 is 0. The van der Waals surface area contributed by atoms with Gasteiger partial charge in [0.1, 0.15) is 18.6 Å². The second kappa shape index (κ2) is 10.5. The van der Waals surface area contributed by atoms with Crippen LogP contribution in [0.2, 0.25) is 0 Å². The summed E-state index contributed by atoms with van der Waals surface area (Å²) in [6.45, 7) is 1.18. The van der Waals surface area contributed by atoms with Gasteiger partial charge in [-0.05, 0) is 24.1 Å². The van der Waals surface area contributed by atoms with Crippen molar-refractivity contribution in [3.8, 4) is 5.75 Å². The van der Waals surface area contributed by atoms with Crippen molar-refractivity contribution in [2.45, 2.75) is 68.6 Å². The summed E-state index contributed by atoms with van der Waals surface area (Å²) in [7, 11) is 4.77. The summed E-state index contributed by atoms with van der Waals surface area (Å²) in [5.74, 6) is -0.574. The second-order valence-corrected chi connectivity index (χ2v) is 8.31. The molecule has 1 aromatic carbocycles. The summed E-state index contributed by atoms with van der Waals surface area (Å²) in [4.78, 5) is 11.9. The lowest BCUT2D eigenvalue weighted by Crippen LogP contribution is -2.60. The van der Waals surface area contributed by atoms with E-state index >= 15 is 0 Å². The number of carbonyl (C=O) groups is 1. The highest BCUT2D eigenvalue weighted by atomic mass is 16.7. The Hall–Kier alpha value is -1.75. The van der Waals surface area contributed by atoms with Crippen LogP contribution in [0, 0.1) is 0 Å². The quantitative estimate of drug-likeness (QED) is 0.301. The molecule has 1 aromatic rings. The van der Waals surface area contributed by atoms with Crippen molar-refractivity contribution in [1.29, 1.82) is 0 Å². The molecule has 32 heavy (non-hydrogen) atoms. The molecule has 3 fully saturated rings. The Bertz CT molecular complexity index is 754. The number of rotatable bonds is 10. The molecule has 9 nitrogen and oxygen atoms in total. The highest BCUT2D eigenvalue weighted by molar-refractivity contribution is 5.73. The molecule has 0 aromatic heterocycles. The van der Waals surface area contributed by atoms with Crippen LogP contribution >= 0.6 is 0 Å². The van der Waals surface area contributed by atoms with E-state index in [2.05, 4.69) is 0 Å². The average Bonchev–Trinajstić information content (AvgIpc) is 3.14. The number of methoxy groups -OCH3 is 3. The maximum Gasteiger partial charge on any atom is 0.311 e. The normalized spacial score (nSPS) is 34.0. The van der Waals surface area contributed by atoms with Crippen molar-refractivity contribution < 1.29 is 42.7 Å². The van der Waals surface area contributed by atoms with Crippen molar-refractivity contribution in [1.82, 2.24) is 0 Å². The van der Waals surface area contributed by atoms with E-state index in [0.29, 0.717) is 32.5 Å². The number of esters is 1. The first-order valence-corrected chi connectivity index (χ1v) is 11.0. The molecule has 178 valence electrons. The van der Waals surface area contributed by atoms with E-state index in [1.54, 1.807) is 14.2 Å². The summed E-state index contributed by atoms with van der Waals surface area (Å²) in [6.07, 6.45) is 0.619. The van der Waals surface area contributed by atoms with E-state index in [0.717, 1.165) is 11.3 Å². The fourth-order valence-corrected chi connectivity index (χ4v) is 4.63. The third kappa shape index (κ3) is 5.08. The van der Waals surface area contributed by atoms with Crippen molar-refractivity contribution in [2.24, 2.45) is 0 Å². The first kappa shape index (κ1) is 23.4. The van der Waals surface area contributed by atoms with Gasteiger partial charge in [-0.1, -0.05) is 12.1 Å². The maximum absolute atomic E-state index is 11.9. The third-order valence-electron chi connectivity index (χ3n) is 6.32. The molecule has 0 amide bonds. The van der Waals surface area contributed by atoms with Crippen molar-refractivity contribution in [3.63, 3.8) is 0 Å². The van der Waals surface area contributed by atoms with E-state index in [1.165, 1.54) is 7.11 Å². The molecular weight excluding hydrogens is 420 g/mol. The topological polar surface area (TPSA) is 90.9 Å². The minimum absolute atomic E-state index is 0.168. The lowest BCUT2D eigenvalue weighted by Gasteiger charge is -2.49. The van der Waals surface area contributed by atoms with Gasteiger partial charge < -0.3 is 37.9 Å². The Morgan fingerprint density at radius 1 is 1.09 bits per heavy atom. The summed E-state index contributed by atoms with van der Waals surface area (Å²) in [5.41, 5.74) is 1.07. The largest absolute Gasteiger partial charge is 0.497 e. The molecule has 0 aliphatic carbocycles. The molecule has 0 spiro atoms. The van der Waals surface area contributed by atoms with Gasteiger partial charge in [0.2, 0.25) is 5.79 Å². The molecule has 9 heteroatoms. The maximum atomic E-state index is 11.9. The summed E-state index contributed by atoms with van der Waals surface area (Å²) < 4.78 is 45.7. The molecule has 6 atom stereocenters. The fourth-order valence-electron chi connectivity index (χ4n) is 4.63. The molecule has 3 saturated heterocycles. The predicted molar refractivity (Wildman–Crippen MR) is 111 cm³/mol. The molecule has 0 N–H and O–H groups in total. The standard InChI is InChI=1S/C23H32O9/c1-25-14-29-18-10-19-20(12-23(27-3)21(31-19)11-22(24)32-23)30-17(18)8-9-28-13-15-4-6-16(26-2)7-5-15/h4-7,17-21H,8-14H2,1-3H3/t17-,18+,19-,20+,21+,23+/m0/s1. The zero-order chi connectivity index (χ0) is 22.6. The van der Waals surface area contributed by atoms with Crippen LogP contribution in [0.25, 0.3) is 0 Å². The van der Waals surface area contributed by atoms with Crippen molar-refractivity contribution in [2.75, 3.05) is 34.7 Å². The number of ether oxygens (including phenoxy) is 8. The van der Waals surface area contributed by atoms with Crippen LogP contribution in [0.15, 0.2) is 24.3 Å². The Kier molecular flexibility index (Phi) is 7.65. The van der Waals surface area contributed by atoms with Gasteiger partial charge >= 0.3 is 5.97 Å². The molecular formula is C23H32O9. The van der Waals surface area contributed by atoms with Gasteiger partial charge in [-0.25, -0.2) is 0 Å². The van der Waals surface area contributed by atoms with E-state index in [9.17, 15) is 4.79 Å². The van der Waals surface area contributed by atoms with Gasteiger partial charge in [0.15, 0.2) is 0 Å². The average molecular weight is 453 g/mol. The first-order valence-electron chi connectivity index (χ1n) is 11.0. The van der Waals surface area contributed by atoms with Crippen molar-refractivity contribution >= 4 is 5.97 Å². The molecule has 4 rings (SSSR count). The number of fused-ring (bicyclic) bond motifs is 2. The SMILES string of the molecule is COCO[C@@H]1C[C@@H]2O[C@@H]3CC(=O)O[C@]3(OC)C[C@H]2O[C@H]1CCOCc1ccc(OC)cc1. The zero-order valence-corrected chi connectivity index (χ0v) is 18.8. The highest BCUT2D eigenvalue weighted by Crippen LogP contribution is 2.44. The smallest absolute Gasteiger partial charge is 0.311 e. The van der Waals surface area contributed by atoms with Gasteiger partial charge in [0.05, 0.1) is 44.6 Å². The summed E-state index contributed by atoms with van der Waals surface area (Å²) in [6, 6.07) is 7.78. The number of hydrogen-bond acceptors (Lipinski definition) is 9. The molecule has 0 bridgehead atoms. The van der Waals surface area contributed by atoms with E-state index in [4.69, 9.17) is 37.9 Å². The fraction of sp³-hybridized carbons (Fsp3) is 0.696. The Morgan fingerprint density at radius 2 is 1.91 bits per heavy atom. The Labute approximate surface area is 188 Å². The van der Waals surface area contributed by atoms with Crippen LogP contribution in [0.1, 0.15) is 31.2 Å². The molecule has 0 unspecified atom stereocenters. The Balaban J connectivity index is 1.34. The number of carbonyl (C=O) groups excluding carboxylic acids is 1. The van der Waals surface area contributed by atoms with Gasteiger partial charge in [-0.15, -0.1) is 0 Å². The molecule has 3 aliphatic heterocycles. The van der Waals surface area contributed by atoms with Gasteiger partial charge in [0, 0.05) is 33.7 Å². The van der Waals surface area contributed by atoms with Crippen LogP contribution in [-0.4, -0.2) is 77.0 Å². The zero-order valence-electron chi connectivity index (χ0n) is 18.8. The third-order valence-corrected chi connectivity index (χ3v) is 6.32. The monoisotopic (exact) mass is 452 g/mol. The first-order chi connectivity index (χ1) is 15.6. The molecule has 0 saturated carbocycles. The minimum Gasteiger partial charge on any atom is -0.497 e. The van der Waals surface area contributed by atoms with Crippen LogP contribution < -0.4 is 4.74 Å². The van der Waals surface area contributed by atoms with Crippen LogP contribution in [-0.2, 0) is 44.6 Å². The van der Waals surface area contributed by atoms with Gasteiger partial charge in [0.25, 0.3) is 0 Å². The van der Waals surface area contributed by atoms with Crippen molar-refractivity contribution in [3.05, 3.63) is 29.8 Å². The van der Waals surface area contributed by atoms with E-state index in [-0.39, 0.29) is 43.6 Å². The molecule has 3 aliphatic rings. The molecule has 0 radical (unpaired) electrons. The van der Waals surface area contributed by atoms with Gasteiger partial charge in [-0.3, -0.25) is 4.79 Å². The van der Waals surface area contributed by atoms with E-state index < -0.39 is 11.9 Å². The van der Waals surface area contributed by atoms with Crippen LogP contribution in [0.5, 0.6) is 5.75 Å². The Morgan fingerprint density at radius 3 is 2.62 bits per heavy atom. The number of hydrogen-bond donors (Lipinski definition) is 0. The molecule has 3 heterocycles. The summed E-state index contributed by atoms with van der Waals surface area (Å²) in [5, 5.41) is 0. The predicted octanol–water partition coefficient (Wildman–Crippen LogP) is 2.20. The minimum atomic E-state index is -1.08. The lowest BCUT2D eigenvalue weighted by atomic mass is 9.87. The lowest BCUT2D eigenvalue weighted by molar-refractivity contribution is -0.324.